The minimum Gasteiger partial charge on any atom is -0.384 e. The number of benzene rings is 2. The fraction of sp³-hybridized carbons (Fsp3) is 0.0769. The van der Waals surface area contributed by atoms with Gasteiger partial charge in [0.2, 0.25) is 0 Å². The first-order valence-electron chi connectivity index (χ1n) is 5.07. The lowest BCUT2D eigenvalue weighted by Gasteiger charge is -2.13. The van der Waals surface area contributed by atoms with Crippen LogP contribution in [0.5, 0.6) is 0 Å². The van der Waals surface area contributed by atoms with Crippen LogP contribution in [0.3, 0.4) is 0 Å². The molecule has 0 heterocycles. The van der Waals surface area contributed by atoms with Crippen LogP contribution in [0.15, 0.2) is 40.9 Å². The van der Waals surface area contributed by atoms with Crippen LogP contribution < -0.4 is 0 Å². The molecule has 5 heteroatoms. The zero-order valence-corrected chi connectivity index (χ0v) is 13.5. The molecule has 0 aromatic heterocycles. The van der Waals surface area contributed by atoms with E-state index in [1.807, 2.05) is 12.1 Å². The van der Waals surface area contributed by atoms with Crippen LogP contribution in [0.2, 0.25) is 5.02 Å². The predicted octanol–water partition coefficient (Wildman–Crippen LogP) is 4.93. The number of halogens is 4. The Kier molecular flexibility index (Phi) is 4.64. The normalized spacial score (nSPS) is 12.5. The van der Waals surface area contributed by atoms with Gasteiger partial charge in [-0.2, -0.15) is 0 Å². The Bertz CT molecular complexity index is 574. The molecule has 0 bridgehead atoms. The molecular weight excluding hydrogens is 433 g/mol. The highest BCUT2D eigenvalue weighted by Gasteiger charge is 2.17. The van der Waals surface area contributed by atoms with Crippen molar-refractivity contribution in [1.29, 1.82) is 0 Å². The van der Waals surface area contributed by atoms with E-state index in [-0.39, 0.29) is 5.56 Å². The third-order valence-corrected chi connectivity index (χ3v) is 4.44. The summed E-state index contributed by atoms with van der Waals surface area (Å²) in [6, 6.07) is 9.94. The van der Waals surface area contributed by atoms with Crippen molar-refractivity contribution in [1.82, 2.24) is 0 Å². The quantitative estimate of drug-likeness (QED) is 0.518. The van der Waals surface area contributed by atoms with E-state index >= 15 is 0 Å². The van der Waals surface area contributed by atoms with Gasteiger partial charge in [0, 0.05) is 13.6 Å². The second-order valence-corrected chi connectivity index (χ2v) is 6.25. The standard InChI is InChI=1S/C13H8BrClFIO/c14-10-6-12(16)9(5-11(10)15)13(18)7-1-3-8(17)4-2-7/h1-6,13,18H. The highest BCUT2D eigenvalue weighted by atomic mass is 127. The van der Waals surface area contributed by atoms with Gasteiger partial charge in [0.05, 0.1) is 5.02 Å². The molecule has 0 amide bonds. The molecule has 2 aromatic rings. The zero-order valence-electron chi connectivity index (χ0n) is 9.00. The van der Waals surface area contributed by atoms with Gasteiger partial charge in [-0.15, -0.1) is 0 Å². The molecule has 0 spiro atoms. The van der Waals surface area contributed by atoms with Crippen LogP contribution >= 0.6 is 50.1 Å². The van der Waals surface area contributed by atoms with Gasteiger partial charge in [0.25, 0.3) is 0 Å². The molecule has 1 atom stereocenters. The Morgan fingerprint density at radius 1 is 1.22 bits per heavy atom. The van der Waals surface area contributed by atoms with Crippen LogP contribution in [0.25, 0.3) is 0 Å². The Balaban J connectivity index is 2.42. The first-order chi connectivity index (χ1) is 8.49. The summed E-state index contributed by atoms with van der Waals surface area (Å²) in [6.45, 7) is 0. The Morgan fingerprint density at radius 3 is 2.44 bits per heavy atom. The maximum absolute atomic E-state index is 13.8. The number of hydrogen-bond acceptors (Lipinski definition) is 1. The van der Waals surface area contributed by atoms with Crippen molar-refractivity contribution in [3.63, 3.8) is 0 Å². The highest BCUT2D eigenvalue weighted by molar-refractivity contribution is 14.1. The zero-order chi connectivity index (χ0) is 13.3. The minimum absolute atomic E-state index is 0.171. The topological polar surface area (TPSA) is 20.2 Å². The first kappa shape index (κ1) is 14.2. The van der Waals surface area contributed by atoms with Gasteiger partial charge < -0.3 is 5.11 Å². The lowest BCUT2D eigenvalue weighted by molar-refractivity contribution is 0.215. The average molecular weight is 441 g/mol. The smallest absolute Gasteiger partial charge is 0.130 e. The van der Waals surface area contributed by atoms with E-state index in [1.54, 1.807) is 12.1 Å². The number of hydrogen-bond donors (Lipinski definition) is 1. The summed E-state index contributed by atoms with van der Waals surface area (Å²) < 4.78 is 15.3. The van der Waals surface area contributed by atoms with Crippen LogP contribution in [0.4, 0.5) is 4.39 Å². The maximum Gasteiger partial charge on any atom is 0.130 e. The summed E-state index contributed by atoms with van der Waals surface area (Å²) in [7, 11) is 0. The largest absolute Gasteiger partial charge is 0.384 e. The van der Waals surface area contributed by atoms with E-state index in [0.717, 1.165) is 3.57 Å². The summed E-state index contributed by atoms with van der Waals surface area (Å²) in [4.78, 5) is 0. The Morgan fingerprint density at radius 2 is 1.83 bits per heavy atom. The minimum atomic E-state index is -1.02. The second-order valence-electron chi connectivity index (χ2n) is 3.74. The van der Waals surface area contributed by atoms with E-state index < -0.39 is 11.9 Å². The molecule has 0 saturated carbocycles. The van der Waals surface area contributed by atoms with Gasteiger partial charge >= 0.3 is 0 Å². The summed E-state index contributed by atoms with van der Waals surface area (Å²) >= 11 is 11.2. The van der Waals surface area contributed by atoms with E-state index in [2.05, 4.69) is 38.5 Å². The molecule has 18 heavy (non-hydrogen) atoms. The summed E-state index contributed by atoms with van der Waals surface area (Å²) in [5.74, 6) is -0.489. The molecule has 2 aromatic carbocycles. The van der Waals surface area contributed by atoms with Crippen molar-refractivity contribution < 1.29 is 9.50 Å². The molecule has 0 fully saturated rings. The van der Waals surface area contributed by atoms with E-state index in [4.69, 9.17) is 11.6 Å². The monoisotopic (exact) mass is 440 g/mol. The highest BCUT2D eigenvalue weighted by Crippen LogP contribution is 2.31. The lowest BCUT2D eigenvalue weighted by Crippen LogP contribution is -2.03. The molecule has 0 aliphatic carbocycles. The Labute approximate surface area is 131 Å². The van der Waals surface area contributed by atoms with Gasteiger partial charge in [-0.05, 0) is 68.3 Å². The van der Waals surface area contributed by atoms with Crippen molar-refractivity contribution >= 4 is 50.1 Å². The van der Waals surface area contributed by atoms with Gasteiger partial charge in [0.1, 0.15) is 11.9 Å². The number of aliphatic hydroxyl groups excluding tert-OH is 1. The summed E-state index contributed by atoms with van der Waals surface area (Å²) in [5.41, 5.74) is 0.803. The van der Waals surface area contributed by atoms with Crippen LogP contribution in [0, 0.1) is 9.39 Å². The fourth-order valence-corrected chi connectivity index (χ4v) is 2.42. The van der Waals surface area contributed by atoms with Gasteiger partial charge in [-0.25, -0.2) is 4.39 Å². The number of aliphatic hydroxyl groups is 1. The summed E-state index contributed by atoms with van der Waals surface area (Å²) in [5, 5.41) is 10.5. The van der Waals surface area contributed by atoms with Gasteiger partial charge in [-0.3, -0.25) is 0 Å². The van der Waals surface area contributed by atoms with Crippen LogP contribution in [0.1, 0.15) is 17.2 Å². The van der Waals surface area contributed by atoms with Gasteiger partial charge in [0.15, 0.2) is 0 Å². The molecule has 0 saturated heterocycles. The van der Waals surface area contributed by atoms with Crippen molar-refractivity contribution in [2.45, 2.75) is 6.10 Å². The summed E-state index contributed by atoms with van der Waals surface area (Å²) in [6.07, 6.45) is -1.02. The fourth-order valence-electron chi connectivity index (χ4n) is 1.57. The van der Waals surface area contributed by atoms with Crippen LogP contribution in [-0.2, 0) is 0 Å². The van der Waals surface area contributed by atoms with Gasteiger partial charge in [-0.1, -0.05) is 23.7 Å². The SMILES string of the molecule is OC(c1ccc(I)cc1)c1cc(Cl)c(Br)cc1F. The van der Waals surface area contributed by atoms with E-state index in [9.17, 15) is 9.50 Å². The molecule has 94 valence electrons. The van der Waals surface area contributed by atoms with E-state index in [1.165, 1.54) is 12.1 Å². The maximum atomic E-state index is 13.8. The first-order valence-corrected chi connectivity index (χ1v) is 7.32. The predicted molar refractivity (Wildman–Crippen MR) is 82.3 cm³/mol. The molecule has 0 radical (unpaired) electrons. The second kappa shape index (κ2) is 5.86. The third-order valence-electron chi connectivity index (χ3n) is 2.52. The van der Waals surface area contributed by atoms with Crippen molar-refractivity contribution in [3.8, 4) is 0 Å². The molecule has 1 nitrogen and oxygen atoms in total. The lowest BCUT2D eigenvalue weighted by atomic mass is 10.0. The average Bonchev–Trinajstić information content (AvgIpc) is 2.34. The molecule has 1 unspecified atom stereocenters. The molecule has 2 rings (SSSR count). The van der Waals surface area contributed by atoms with Crippen molar-refractivity contribution in [2.75, 3.05) is 0 Å². The molecule has 0 aliphatic heterocycles. The molecule has 0 aliphatic rings. The van der Waals surface area contributed by atoms with Crippen LogP contribution in [-0.4, -0.2) is 5.11 Å². The van der Waals surface area contributed by atoms with Crippen molar-refractivity contribution in [2.24, 2.45) is 0 Å². The Hall–Kier alpha value is -0.170. The molecule has 1 N–H and O–H groups in total. The van der Waals surface area contributed by atoms with Crippen molar-refractivity contribution in [3.05, 3.63) is 66.4 Å². The molecular formula is C13H8BrClFIO. The number of rotatable bonds is 2. The van der Waals surface area contributed by atoms with E-state index in [0.29, 0.717) is 15.1 Å². The third kappa shape index (κ3) is 3.04.